The molecule has 0 radical (unpaired) electrons. The summed E-state index contributed by atoms with van der Waals surface area (Å²) in [5.41, 5.74) is 11.2. The van der Waals surface area contributed by atoms with Crippen molar-refractivity contribution < 1.29 is 57.5 Å². The van der Waals surface area contributed by atoms with Crippen molar-refractivity contribution in [3.05, 3.63) is 0 Å². The lowest BCUT2D eigenvalue weighted by Gasteiger charge is -2.25. The van der Waals surface area contributed by atoms with Crippen molar-refractivity contribution in [2.45, 2.75) is 196 Å². The Balaban J connectivity index is 7.38. The summed E-state index contributed by atoms with van der Waals surface area (Å²) in [6.07, 6.45) is 3.72. The third-order valence-corrected chi connectivity index (χ3v) is 16.0. The van der Waals surface area contributed by atoms with Gasteiger partial charge in [0.05, 0.1) is 18.3 Å². The van der Waals surface area contributed by atoms with Crippen LogP contribution in [0.2, 0.25) is 0 Å². The van der Waals surface area contributed by atoms with Crippen molar-refractivity contribution in [1.29, 1.82) is 0 Å². The van der Waals surface area contributed by atoms with Gasteiger partial charge >= 0.3 is 0 Å². The second-order valence-electron chi connectivity index (χ2n) is 23.6. The average Bonchev–Trinajstić information content (AvgIpc) is 1.25. The summed E-state index contributed by atoms with van der Waals surface area (Å²) in [5, 5.41) is 30.8. The van der Waals surface area contributed by atoms with E-state index >= 15 is 0 Å². The van der Waals surface area contributed by atoms with E-state index < -0.39 is 145 Å². The Labute approximate surface area is 549 Å². The smallest absolute Gasteiger partial charge is 0.243 e. The number of carbonyl (C=O) groups excluding carboxylic acids is 12. The van der Waals surface area contributed by atoms with Crippen LogP contribution in [-0.4, -0.2) is 217 Å². The lowest BCUT2D eigenvalue weighted by Crippen LogP contribution is -2.56. The largest absolute Gasteiger partial charge is 0.356 e. The summed E-state index contributed by atoms with van der Waals surface area (Å²) < 4.78 is 0. The molecule has 92 heavy (non-hydrogen) atoms. The van der Waals surface area contributed by atoms with Crippen LogP contribution in [0.25, 0.3) is 0 Å². The number of hydrogen-bond donors (Lipinski definition) is 13. The standard InChI is InChI=1S/C65H123N15O12/c1-9-17-20-22-27-70-59(86)47-55(65(92)78-54(64(91)75-34-32-69-30-25-67)46-53(82)41-50(62(89)73-26-19-11-3)44-58(85)71-33-31-68-29-24-66)77-60(87)45-51(63(90)74-28-23-21-18-10-2)42-56(83)49(43-57(84)72-35-37-79(13-5)14-6)40-52(81)39-48(12-4)61(88)76-36-38-80(15-7)16-8/h48-51,54-55,68-69H,9-47,66-67H2,1-8H3,(H,70,86)(H,71,85)(H,72,84)(H,73,89)(H,74,90)(H,75,91)(H,76,88)(H,77,87)(H,78,92). The molecule has 6 unspecified atom stereocenters. The van der Waals surface area contributed by atoms with Crippen LogP contribution >= 0.6 is 0 Å². The van der Waals surface area contributed by atoms with Gasteiger partial charge in [-0.1, -0.05) is 100 Å². The molecule has 0 spiro atoms. The molecular weight excluding hydrogens is 1180 g/mol. The normalized spacial score (nSPS) is 13.2. The van der Waals surface area contributed by atoms with Crippen LogP contribution in [0.5, 0.6) is 0 Å². The highest BCUT2D eigenvalue weighted by Crippen LogP contribution is 2.23. The van der Waals surface area contributed by atoms with Crippen LogP contribution in [0, 0.1) is 23.7 Å². The number of unbranched alkanes of at least 4 members (excludes halogenated alkanes) is 7. The van der Waals surface area contributed by atoms with Gasteiger partial charge in [0.15, 0.2) is 0 Å². The zero-order chi connectivity index (χ0) is 68.9. The van der Waals surface area contributed by atoms with Gasteiger partial charge in [-0.25, -0.2) is 0 Å². The molecule has 0 aromatic rings. The molecule has 0 rings (SSSR count). The highest BCUT2D eigenvalue weighted by atomic mass is 16.2. The second kappa shape index (κ2) is 55.5. The van der Waals surface area contributed by atoms with Crippen molar-refractivity contribution in [3.8, 4) is 0 Å². The van der Waals surface area contributed by atoms with E-state index in [1.54, 1.807) is 6.92 Å². The Morgan fingerprint density at radius 2 is 0.707 bits per heavy atom. The zero-order valence-corrected chi connectivity index (χ0v) is 57.5. The predicted octanol–water partition coefficient (Wildman–Crippen LogP) is 0.603. The summed E-state index contributed by atoms with van der Waals surface area (Å²) in [4.78, 5) is 172. The van der Waals surface area contributed by atoms with Gasteiger partial charge in [-0.05, 0) is 51.9 Å². The van der Waals surface area contributed by atoms with E-state index in [1.807, 2.05) is 48.5 Å². The number of ketones is 3. The van der Waals surface area contributed by atoms with Crippen molar-refractivity contribution >= 4 is 70.5 Å². The molecular formula is C65H123N15O12. The summed E-state index contributed by atoms with van der Waals surface area (Å²) >= 11 is 0. The van der Waals surface area contributed by atoms with E-state index in [0.717, 1.165) is 71.1 Å². The number of amides is 9. The molecule has 6 atom stereocenters. The molecule has 0 aliphatic heterocycles. The van der Waals surface area contributed by atoms with E-state index in [1.165, 1.54) is 0 Å². The zero-order valence-electron chi connectivity index (χ0n) is 57.5. The first-order chi connectivity index (χ1) is 44.2. The SMILES string of the molecule is CCCCCCNC(=O)CC(NC(=O)CC(CC(=O)C(CC(=O)CC(CC)C(=O)NCCN(CC)CC)CC(=O)NCCN(CC)CC)C(=O)NCCCCCC)C(=O)NC(CC(=O)CC(CC(=O)NCCNCCN)C(=O)NCCCC)C(=O)NCCNCCN. The maximum absolute atomic E-state index is 14.7. The second-order valence-corrected chi connectivity index (χ2v) is 23.6. The van der Waals surface area contributed by atoms with Crippen LogP contribution < -0.4 is 70.0 Å². The van der Waals surface area contributed by atoms with Crippen molar-refractivity contribution in [3.63, 3.8) is 0 Å². The number of nitrogens with zero attached hydrogens (tertiary/aromatic N) is 2. The molecule has 0 aromatic heterocycles. The molecule has 0 aliphatic rings. The molecule has 0 aliphatic carbocycles. The molecule has 0 fully saturated rings. The monoisotopic (exact) mass is 1310 g/mol. The Hall–Kier alpha value is -6.00. The Morgan fingerprint density at radius 3 is 1.24 bits per heavy atom. The lowest BCUT2D eigenvalue weighted by atomic mass is 9.84. The Morgan fingerprint density at radius 1 is 0.315 bits per heavy atom. The minimum atomic E-state index is -1.71. The summed E-state index contributed by atoms with van der Waals surface area (Å²) in [5.74, 6) is -12.2. The molecule has 0 aromatic carbocycles. The van der Waals surface area contributed by atoms with Gasteiger partial charge in [0.1, 0.15) is 29.4 Å². The van der Waals surface area contributed by atoms with Gasteiger partial charge in [-0.3, -0.25) is 57.5 Å². The minimum absolute atomic E-state index is 0.0355. The number of rotatable bonds is 60. The number of Topliss-reactive ketones (excluding diaryl/α,β-unsaturated/α-hetero) is 3. The molecule has 15 N–H and O–H groups in total. The van der Waals surface area contributed by atoms with Gasteiger partial charge in [-0.2, -0.15) is 0 Å². The molecule has 0 saturated heterocycles. The number of hydrogen-bond acceptors (Lipinski definition) is 18. The van der Waals surface area contributed by atoms with Gasteiger partial charge in [0.25, 0.3) is 0 Å². The van der Waals surface area contributed by atoms with Gasteiger partial charge in [-0.15, -0.1) is 0 Å². The van der Waals surface area contributed by atoms with E-state index in [4.69, 9.17) is 11.5 Å². The number of carbonyl (C=O) groups is 12. The molecule has 27 heteroatoms. The predicted molar refractivity (Wildman–Crippen MR) is 358 cm³/mol. The van der Waals surface area contributed by atoms with E-state index in [9.17, 15) is 57.5 Å². The van der Waals surface area contributed by atoms with Gasteiger partial charge < -0.3 is 79.8 Å². The van der Waals surface area contributed by atoms with E-state index in [-0.39, 0.29) is 58.0 Å². The maximum Gasteiger partial charge on any atom is 0.243 e. The Kier molecular flexibility index (Phi) is 51.8. The molecule has 27 nitrogen and oxygen atoms in total. The summed E-state index contributed by atoms with van der Waals surface area (Å²) in [6, 6.07) is -3.33. The van der Waals surface area contributed by atoms with Crippen LogP contribution in [0.1, 0.15) is 184 Å². The molecule has 0 bridgehead atoms. The van der Waals surface area contributed by atoms with Crippen molar-refractivity contribution in [2.24, 2.45) is 35.1 Å². The van der Waals surface area contributed by atoms with Crippen molar-refractivity contribution in [1.82, 2.24) is 68.3 Å². The third kappa shape index (κ3) is 42.3. The molecule has 530 valence electrons. The average molecular weight is 1310 g/mol. The van der Waals surface area contributed by atoms with Crippen molar-refractivity contribution in [2.75, 3.05) is 124 Å². The van der Waals surface area contributed by atoms with E-state index in [2.05, 4.69) is 68.3 Å². The Bertz CT molecular complexity index is 2150. The number of nitrogens with one attached hydrogen (secondary N) is 11. The van der Waals surface area contributed by atoms with Crippen LogP contribution in [0.3, 0.4) is 0 Å². The fourth-order valence-electron chi connectivity index (χ4n) is 10.2. The number of nitrogens with two attached hydrogens (primary N) is 2. The molecule has 0 heterocycles. The van der Waals surface area contributed by atoms with E-state index in [0.29, 0.717) is 84.6 Å². The highest BCUT2D eigenvalue weighted by molar-refractivity contribution is 5.99. The minimum Gasteiger partial charge on any atom is -0.356 e. The first-order valence-corrected chi connectivity index (χ1v) is 34.5. The first kappa shape index (κ1) is 86.0. The molecule has 0 saturated carbocycles. The maximum atomic E-state index is 14.7. The molecule has 9 amide bonds. The topological polar surface area (TPSA) is 396 Å². The fourth-order valence-corrected chi connectivity index (χ4v) is 10.2. The first-order valence-electron chi connectivity index (χ1n) is 34.5. The van der Waals surface area contributed by atoms with Crippen LogP contribution in [0.4, 0.5) is 0 Å². The summed E-state index contributed by atoms with van der Waals surface area (Å²) in [6.45, 7) is 24.0. The third-order valence-electron chi connectivity index (χ3n) is 16.0. The van der Waals surface area contributed by atoms with Gasteiger partial charge in [0.2, 0.25) is 53.2 Å². The lowest BCUT2D eigenvalue weighted by molar-refractivity contribution is -0.138. The summed E-state index contributed by atoms with van der Waals surface area (Å²) in [7, 11) is 0. The van der Waals surface area contributed by atoms with Gasteiger partial charge in [0, 0.05) is 161 Å². The van der Waals surface area contributed by atoms with Crippen LogP contribution in [0.15, 0.2) is 0 Å². The number of likely N-dealkylation sites (N-methyl/N-ethyl adjacent to an activating group) is 2. The quantitative estimate of drug-likeness (QED) is 0.0371. The highest BCUT2D eigenvalue weighted by Gasteiger charge is 2.35. The fraction of sp³-hybridized carbons (Fsp3) is 0.815. The van der Waals surface area contributed by atoms with Crippen LogP contribution in [-0.2, 0) is 57.5 Å².